The first-order valence-corrected chi connectivity index (χ1v) is 5.53. The quantitative estimate of drug-likeness (QED) is 0.819. The van der Waals surface area contributed by atoms with Crippen LogP contribution in [0.15, 0.2) is 46.9 Å². The molecule has 0 heterocycles. The maximum absolute atomic E-state index is 13.5. The van der Waals surface area contributed by atoms with Crippen molar-refractivity contribution >= 4 is 33.0 Å². The first kappa shape index (κ1) is 11.0. The summed E-state index contributed by atoms with van der Waals surface area (Å²) in [5, 5.41) is 2.95. The van der Waals surface area contributed by atoms with Crippen LogP contribution in [0.1, 0.15) is 0 Å². The number of halogens is 2. The lowest BCUT2D eigenvalue weighted by atomic mass is 10.2. The third-order valence-corrected chi connectivity index (χ3v) is 2.63. The predicted octanol–water partition coefficient (Wildman–Crippen LogP) is 3.91. The summed E-state index contributed by atoms with van der Waals surface area (Å²) in [7, 11) is 0. The molecule has 0 fully saturated rings. The fourth-order valence-electron chi connectivity index (χ4n) is 1.38. The van der Waals surface area contributed by atoms with Crippen molar-refractivity contribution in [3.8, 4) is 0 Å². The van der Waals surface area contributed by atoms with Gasteiger partial charge in [-0.25, -0.2) is 4.39 Å². The van der Waals surface area contributed by atoms with E-state index in [9.17, 15) is 4.39 Å². The van der Waals surface area contributed by atoms with E-state index in [1.807, 2.05) is 24.3 Å². The van der Waals surface area contributed by atoms with Gasteiger partial charge in [0.1, 0.15) is 5.82 Å². The summed E-state index contributed by atoms with van der Waals surface area (Å²) in [4.78, 5) is 0. The molecule has 4 heteroatoms. The Morgan fingerprint density at radius 1 is 1.12 bits per heavy atom. The molecule has 0 bridgehead atoms. The molecule has 0 spiro atoms. The first-order valence-electron chi connectivity index (χ1n) is 4.73. The second kappa shape index (κ2) is 4.53. The summed E-state index contributed by atoms with van der Waals surface area (Å²) in [5.41, 5.74) is 7.17. The molecule has 82 valence electrons. The first-order chi connectivity index (χ1) is 7.66. The third-order valence-electron chi connectivity index (χ3n) is 2.14. The van der Waals surface area contributed by atoms with Gasteiger partial charge in [0.05, 0.1) is 11.4 Å². The standard InChI is InChI=1S/C12H10BrFN2/c13-8-3-1-4-9(7-8)16-12-10(14)5-2-6-11(12)15/h1-7,16H,15H2. The van der Waals surface area contributed by atoms with Crippen molar-refractivity contribution in [2.24, 2.45) is 0 Å². The van der Waals surface area contributed by atoms with Gasteiger partial charge in [0.2, 0.25) is 0 Å². The van der Waals surface area contributed by atoms with E-state index in [1.165, 1.54) is 6.07 Å². The van der Waals surface area contributed by atoms with Crippen LogP contribution in [-0.4, -0.2) is 0 Å². The Hall–Kier alpha value is -1.55. The molecule has 2 aromatic carbocycles. The topological polar surface area (TPSA) is 38.0 Å². The summed E-state index contributed by atoms with van der Waals surface area (Å²) in [6, 6.07) is 12.1. The van der Waals surface area contributed by atoms with Gasteiger partial charge in [-0.1, -0.05) is 28.1 Å². The van der Waals surface area contributed by atoms with Crippen molar-refractivity contribution in [3.63, 3.8) is 0 Å². The van der Waals surface area contributed by atoms with Gasteiger partial charge in [-0.2, -0.15) is 0 Å². The van der Waals surface area contributed by atoms with Crippen molar-refractivity contribution < 1.29 is 4.39 Å². The fourth-order valence-corrected chi connectivity index (χ4v) is 1.78. The van der Waals surface area contributed by atoms with Crippen LogP contribution in [0.3, 0.4) is 0 Å². The average molecular weight is 281 g/mol. The Kier molecular flexibility index (Phi) is 3.10. The molecule has 2 nitrogen and oxygen atoms in total. The van der Waals surface area contributed by atoms with Gasteiger partial charge in [0.25, 0.3) is 0 Å². The monoisotopic (exact) mass is 280 g/mol. The minimum absolute atomic E-state index is 0.306. The van der Waals surface area contributed by atoms with Crippen LogP contribution in [0.25, 0.3) is 0 Å². The Labute approximate surface area is 101 Å². The molecule has 0 aliphatic rings. The van der Waals surface area contributed by atoms with Gasteiger partial charge in [-0.15, -0.1) is 0 Å². The smallest absolute Gasteiger partial charge is 0.148 e. The molecule has 0 unspecified atom stereocenters. The number of anilines is 3. The summed E-state index contributed by atoms with van der Waals surface area (Å²) >= 11 is 3.35. The lowest BCUT2D eigenvalue weighted by Crippen LogP contribution is -1.98. The predicted molar refractivity (Wildman–Crippen MR) is 68.2 cm³/mol. The molecule has 0 atom stereocenters. The lowest BCUT2D eigenvalue weighted by Gasteiger charge is -2.10. The number of hydrogen-bond donors (Lipinski definition) is 2. The molecule has 0 radical (unpaired) electrons. The summed E-state index contributed by atoms with van der Waals surface area (Å²) in [6.45, 7) is 0. The summed E-state index contributed by atoms with van der Waals surface area (Å²) in [6.07, 6.45) is 0. The average Bonchev–Trinajstić information content (AvgIpc) is 2.24. The normalized spacial score (nSPS) is 10.1. The fraction of sp³-hybridized carbons (Fsp3) is 0. The zero-order valence-corrected chi connectivity index (χ0v) is 9.96. The van der Waals surface area contributed by atoms with Crippen LogP contribution in [0, 0.1) is 5.82 Å². The highest BCUT2D eigenvalue weighted by molar-refractivity contribution is 9.10. The van der Waals surface area contributed by atoms with Crippen LogP contribution in [0.2, 0.25) is 0 Å². The van der Waals surface area contributed by atoms with Gasteiger partial charge in [-0.05, 0) is 30.3 Å². The number of nitrogens with two attached hydrogens (primary N) is 1. The van der Waals surface area contributed by atoms with Gasteiger partial charge in [0.15, 0.2) is 0 Å². The van der Waals surface area contributed by atoms with E-state index in [0.717, 1.165) is 10.2 Å². The zero-order valence-electron chi connectivity index (χ0n) is 8.37. The molecular weight excluding hydrogens is 271 g/mol. The Morgan fingerprint density at radius 3 is 2.56 bits per heavy atom. The van der Waals surface area contributed by atoms with Crippen LogP contribution in [0.4, 0.5) is 21.5 Å². The van der Waals surface area contributed by atoms with Crippen LogP contribution in [-0.2, 0) is 0 Å². The molecule has 0 saturated heterocycles. The minimum Gasteiger partial charge on any atom is -0.397 e. The molecule has 0 aromatic heterocycles. The maximum Gasteiger partial charge on any atom is 0.148 e. The number of para-hydroxylation sites is 1. The Balaban J connectivity index is 2.34. The number of hydrogen-bond acceptors (Lipinski definition) is 2. The Morgan fingerprint density at radius 2 is 1.88 bits per heavy atom. The molecule has 0 aliphatic carbocycles. The molecular formula is C12H10BrFN2. The van der Waals surface area contributed by atoms with E-state index < -0.39 is 0 Å². The van der Waals surface area contributed by atoms with Gasteiger partial charge in [0, 0.05) is 10.2 Å². The second-order valence-electron chi connectivity index (χ2n) is 3.34. The number of benzene rings is 2. The van der Waals surface area contributed by atoms with Crippen molar-refractivity contribution in [1.29, 1.82) is 0 Å². The van der Waals surface area contributed by atoms with Crippen molar-refractivity contribution in [2.45, 2.75) is 0 Å². The largest absolute Gasteiger partial charge is 0.397 e. The zero-order chi connectivity index (χ0) is 11.5. The Bertz CT molecular complexity index is 494. The van der Waals surface area contributed by atoms with E-state index in [1.54, 1.807) is 12.1 Å². The van der Waals surface area contributed by atoms with E-state index >= 15 is 0 Å². The number of nitrogens with one attached hydrogen (secondary N) is 1. The van der Waals surface area contributed by atoms with E-state index in [0.29, 0.717) is 11.4 Å². The van der Waals surface area contributed by atoms with Crippen molar-refractivity contribution in [2.75, 3.05) is 11.1 Å². The van der Waals surface area contributed by atoms with Crippen LogP contribution >= 0.6 is 15.9 Å². The van der Waals surface area contributed by atoms with Gasteiger partial charge in [-0.3, -0.25) is 0 Å². The number of nitrogen functional groups attached to an aromatic ring is 1. The van der Waals surface area contributed by atoms with Crippen LogP contribution < -0.4 is 11.1 Å². The highest BCUT2D eigenvalue weighted by Crippen LogP contribution is 2.27. The molecule has 0 amide bonds. The highest BCUT2D eigenvalue weighted by Gasteiger charge is 2.05. The van der Waals surface area contributed by atoms with Gasteiger partial charge >= 0.3 is 0 Å². The van der Waals surface area contributed by atoms with Gasteiger partial charge < -0.3 is 11.1 Å². The lowest BCUT2D eigenvalue weighted by molar-refractivity contribution is 0.632. The van der Waals surface area contributed by atoms with Crippen molar-refractivity contribution in [3.05, 3.63) is 52.8 Å². The molecule has 0 saturated carbocycles. The van der Waals surface area contributed by atoms with Crippen molar-refractivity contribution in [1.82, 2.24) is 0 Å². The summed E-state index contributed by atoms with van der Waals surface area (Å²) in [5.74, 6) is -0.361. The highest BCUT2D eigenvalue weighted by atomic mass is 79.9. The molecule has 2 aromatic rings. The molecule has 16 heavy (non-hydrogen) atoms. The minimum atomic E-state index is -0.361. The van der Waals surface area contributed by atoms with Crippen LogP contribution in [0.5, 0.6) is 0 Å². The second-order valence-corrected chi connectivity index (χ2v) is 4.26. The SMILES string of the molecule is Nc1cccc(F)c1Nc1cccc(Br)c1. The molecule has 0 aliphatic heterocycles. The number of rotatable bonds is 2. The summed E-state index contributed by atoms with van der Waals surface area (Å²) < 4.78 is 14.4. The molecule has 3 N–H and O–H groups in total. The van der Waals surface area contributed by atoms with E-state index in [2.05, 4.69) is 21.2 Å². The third kappa shape index (κ3) is 2.33. The maximum atomic E-state index is 13.5. The van der Waals surface area contributed by atoms with E-state index in [-0.39, 0.29) is 5.82 Å². The molecule has 2 rings (SSSR count). The van der Waals surface area contributed by atoms with E-state index in [4.69, 9.17) is 5.73 Å².